The standard InChI is InChI=1S/C22H30N4O5S/c1-16(2)24-32(29,30)19-10-11-20(21(14-19)26(27)28)23-15-22(25-12-4-5-13-25)17-6-8-18(31-3)9-7-17/h6-11,14,16,22-24H,4-5,12-13,15H2,1-3H3/t22-/m1/s1. The number of anilines is 1. The minimum Gasteiger partial charge on any atom is -0.497 e. The molecule has 0 bridgehead atoms. The van der Waals surface area contributed by atoms with E-state index in [4.69, 9.17) is 4.74 Å². The number of methoxy groups -OCH3 is 1. The lowest BCUT2D eigenvalue weighted by molar-refractivity contribution is -0.384. The maximum atomic E-state index is 12.4. The Morgan fingerprint density at radius 3 is 2.34 bits per heavy atom. The van der Waals surface area contributed by atoms with E-state index in [1.807, 2.05) is 24.3 Å². The average molecular weight is 463 g/mol. The summed E-state index contributed by atoms with van der Waals surface area (Å²) in [5, 5.41) is 14.9. The van der Waals surface area contributed by atoms with Crippen LogP contribution in [0, 0.1) is 10.1 Å². The molecule has 1 aliphatic rings. The maximum absolute atomic E-state index is 12.4. The highest BCUT2D eigenvalue weighted by molar-refractivity contribution is 7.89. The summed E-state index contributed by atoms with van der Waals surface area (Å²) < 4.78 is 32.6. The number of ether oxygens (including phenoxy) is 1. The van der Waals surface area contributed by atoms with Crippen molar-refractivity contribution >= 4 is 21.4 Å². The molecule has 10 heteroatoms. The molecule has 1 saturated heterocycles. The van der Waals surface area contributed by atoms with Gasteiger partial charge >= 0.3 is 0 Å². The van der Waals surface area contributed by atoms with Gasteiger partial charge in [-0.3, -0.25) is 15.0 Å². The van der Waals surface area contributed by atoms with Gasteiger partial charge in [0, 0.05) is 18.7 Å². The highest BCUT2D eigenvalue weighted by atomic mass is 32.2. The van der Waals surface area contributed by atoms with Gasteiger partial charge < -0.3 is 10.1 Å². The highest BCUT2D eigenvalue weighted by Gasteiger charge is 2.26. The van der Waals surface area contributed by atoms with E-state index in [0.29, 0.717) is 6.54 Å². The molecular weight excluding hydrogens is 432 g/mol. The van der Waals surface area contributed by atoms with Gasteiger partial charge in [0.05, 0.1) is 23.0 Å². The fourth-order valence-corrected chi connectivity index (χ4v) is 5.17. The number of rotatable bonds is 10. The fraction of sp³-hybridized carbons (Fsp3) is 0.455. The van der Waals surface area contributed by atoms with Crippen LogP contribution in [0.15, 0.2) is 47.4 Å². The van der Waals surface area contributed by atoms with Crippen molar-refractivity contribution in [2.75, 3.05) is 32.1 Å². The molecule has 1 heterocycles. The number of nitrogens with one attached hydrogen (secondary N) is 2. The van der Waals surface area contributed by atoms with Crippen LogP contribution in [-0.4, -0.2) is 51.0 Å². The van der Waals surface area contributed by atoms with Crippen LogP contribution in [0.2, 0.25) is 0 Å². The van der Waals surface area contributed by atoms with Crippen LogP contribution in [-0.2, 0) is 10.0 Å². The smallest absolute Gasteiger partial charge is 0.293 e. The largest absolute Gasteiger partial charge is 0.497 e. The van der Waals surface area contributed by atoms with E-state index in [0.717, 1.165) is 43.3 Å². The topological polar surface area (TPSA) is 114 Å². The molecule has 2 N–H and O–H groups in total. The predicted octanol–water partition coefficient (Wildman–Crippen LogP) is 3.54. The van der Waals surface area contributed by atoms with Crippen molar-refractivity contribution in [3.63, 3.8) is 0 Å². The Balaban J connectivity index is 1.85. The first-order valence-corrected chi connectivity index (χ1v) is 12.1. The van der Waals surface area contributed by atoms with E-state index in [-0.39, 0.29) is 28.4 Å². The molecule has 0 radical (unpaired) electrons. The minimum atomic E-state index is -3.83. The highest BCUT2D eigenvalue weighted by Crippen LogP contribution is 2.31. The summed E-state index contributed by atoms with van der Waals surface area (Å²) in [7, 11) is -2.21. The fourth-order valence-electron chi connectivity index (χ4n) is 3.90. The molecule has 0 saturated carbocycles. The molecular formula is C22H30N4O5S. The summed E-state index contributed by atoms with van der Waals surface area (Å²) in [6.07, 6.45) is 2.23. The average Bonchev–Trinajstić information content (AvgIpc) is 3.28. The summed E-state index contributed by atoms with van der Waals surface area (Å²) in [5.41, 5.74) is 1.10. The number of hydrogen-bond acceptors (Lipinski definition) is 7. The molecule has 174 valence electrons. The van der Waals surface area contributed by atoms with Crippen molar-refractivity contribution < 1.29 is 18.1 Å². The molecule has 0 unspecified atom stereocenters. The van der Waals surface area contributed by atoms with E-state index < -0.39 is 14.9 Å². The van der Waals surface area contributed by atoms with Gasteiger partial charge in [-0.25, -0.2) is 13.1 Å². The Hall–Kier alpha value is -2.69. The molecule has 1 atom stereocenters. The zero-order valence-corrected chi connectivity index (χ0v) is 19.4. The molecule has 9 nitrogen and oxygen atoms in total. The Morgan fingerprint density at radius 1 is 1.12 bits per heavy atom. The zero-order valence-electron chi connectivity index (χ0n) is 18.6. The zero-order chi connectivity index (χ0) is 23.3. The van der Waals surface area contributed by atoms with Gasteiger partial charge in [0.2, 0.25) is 10.0 Å². The SMILES string of the molecule is COc1ccc([C@@H](CNc2ccc(S(=O)(=O)NC(C)C)cc2[N+](=O)[O-])N2CCCC2)cc1. The predicted molar refractivity (Wildman–Crippen MR) is 124 cm³/mol. The molecule has 2 aromatic carbocycles. The number of nitro groups is 1. The summed E-state index contributed by atoms with van der Waals surface area (Å²) in [6.45, 7) is 5.75. The van der Waals surface area contributed by atoms with Gasteiger partial charge in [-0.2, -0.15) is 0 Å². The lowest BCUT2D eigenvalue weighted by atomic mass is 10.0. The van der Waals surface area contributed by atoms with Gasteiger partial charge in [0.1, 0.15) is 11.4 Å². The molecule has 0 amide bonds. The maximum Gasteiger partial charge on any atom is 0.293 e. The van der Waals surface area contributed by atoms with E-state index in [9.17, 15) is 18.5 Å². The van der Waals surface area contributed by atoms with Crippen LogP contribution < -0.4 is 14.8 Å². The quantitative estimate of drug-likeness (QED) is 0.410. The summed E-state index contributed by atoms with van der Waals surface area (Å²) >= 11 is 0. The molecule has 2 aromatic rings. The first-order chi connectivity index (χ1) is 15.2. The lowest BCUT2D eigenvalue weighted by Gasteiger charge is -2.28. The summed E-state index contributed by atoms with van der Waals surface area (Å²) in [5.74, 6) is 0.768. The first-order valence-electron chi connectivity index (χ1n) is 10.6. The van der Waals surface area contributed by atoms with Crippen LogP contribution >= 0.6 is 0 Å². The van der Waals surface area contributed by atoms with Crippen molar-refractivity contribution in [1.29, 1.82) is 0 Å². The second-order valence-electron chi connectivity index (χ2n) is 8.12. The number of hydrogen-bond donors (Lipinski definition) is 2. The Kier molecular flexibility index (Phi) is 7.70. The van der Waals surface area contributed by atoms with E-state index >= 15 is 0 Å². The molecule has 32 heavy (non-hydrogen) atoms. The Labute approximate surface area is 189 Å². The second-order valence-corrected chi connectivity index (χ2v) is 9.84. The third-order valence-corrected chi connectivity index (χ3v) is 7.09. The molecule has 0 aliphatic carbocycles. The van der Waals surface area contributed by atoms with Gasteiger partial charge in [-0.1, -0.05) is 12.1 Å². The van der Waals surface area contributed by atoms with Crippen LogP contribution in [0.1, 0.15) is 38.3 Å². The van der Waals surface area contributed by atoms with Crippen molar-refractivity contribution in [2.45, 2.75) is 43.7 Å². The minimum absolute atomic E-state index is 0.0222. The third kappa shape index (κ3) is 5.76. The molecule has 0 aromatic heterocycles. The second kappa shape index (κ2) is 10.3. The molecule has 0 spiro atoms. The van der Waals surface area contributed by atoms with E-state index in [1.165, 1.54) is 12.1 Å². The van der Waals surface area contributed by atoms with Gasteiger partial charge in [0.25, 0.3) is 5.69 Å². The number of benzene rings is 2. The van der Waals surface area contributed by atoms with Crippen LogP contribution in [0.5, 0.6) is 5.75 Å². The van der Waals surface area contributed by atoms with Crippen molar-refractivity contribution in [3.8, 4) is 5.75 Å². The van der Waals surface area contributed by atoms with Gasteiger partial charge in [-0.15, -0.1) is 0 Å². The third-order valence-electron chi connectivity index (χ3n) is 5.43. The van der Waals surface area contributed by atoms with Crippen LogP contribution in [0.25, 0.3) is 0 Å². The van der Waals surface area contributed by atoms with Crippen molar-refractivity contribution in [2.24, 2.45) is 0 Å². The van der Waals surface area contributed by atoms with Crippen LogP contribution in [0.4, 0.5) is 11.4 Å². The Bertz CT molecular complexity index is 1030. The molecule has 1 fully saturated rings. The monoisotopic (exact) mass is 462 g/mol. The number of sulfonamides is 1. The number of nitro benzene ring substituents is 1. The number of nitrogens with zero attached hydrogens (tertiary/aromatic N) is 2. The van der Waals surface area contributed by atoms with E-state index in [2.05, 4.69) is 14.9 Å². The lowest BCUT2D eigenvalue weighted by Crippen LogP contribution is -2.31. The summed E-state index contributed by atoms with van der Waals surface area (Å²) in [6, 6.07) is 11.5. The molecule has 1 aliphatic heterocycles. The first kappa shape index (κ1) is 24.0. The van der Waals surface area contributed by atoms with Crippen molar-refractivity contribution in [1.82, 2.24) is 9.62 Å². The van der Waals surface area contributed by atoms with E-state index in [1.54, 1.807) is 21.0 Å². The molecule has 3 rings (SSSR count). The Morgan fingerprint density at radius 2 is 1.78 bits per heavy atom. The van der Waals surface area contributed by atoms with Gasteiger partial charge in [-0.05, 0) is 69.6 Å². The number of likely N-dealkylation sites (tertiary alicyclic amines) is 1. The van der Waals surface area contributed by atoms with Gasteiger partial charge in [0.15, 0.2) is 0 Å². The van der Waals surface area contributed by atoms with Crippen LogP contribution in [0.3, 0.4) is 0 Å². The normalized spacial score (nSPS) is 15.6. The summed E-state index contributed by atoms with van der Waals surface area (Å²) in [4.78, 5) is 13.4. The van der Waals surface area contributed by atoms with Crippen molar-refractivity contribution in [3.05, 3.63) is 58.1 Å².